The van der Waals surface area contributed by atoms with Gasteiger partial charge in [0.1, 0.15) is 17.2 Å². The van der Waals surface area contributed by atoms with E-state index in [1.54, 1.807) is 31.2 Å². The van der Waals surface area contributed by atoms with Crippen molar-refractivity contribution in [2.24, 2.45) is 0 Å². The first-order valence-electron chi connectivity index (χ1n) is 13.9. The molecular formula is C28H44N6O3S. The van der Waals surface area contributed by atoms with Gasteiger partial charge in [0.25, 0.3) is 5.56 Å². The van der Waals surface area contributed by atoms with Gasteiger partial charge in [-0.05, 0) is 44.5 Å². The van der Waals surface area contributed by atoms with Gasteiger partial charge >= 0.3 is 0 Å². The number of hydrogen-bond donors (Lipinski definition) is 3. The Kier molecular flexibility index (Phi) is 11.1. The van der Waals surface area contributed by atoms with Gasteiger partial charge in [-0.15, -0.1) is 0 Å². The predicted molar refractivity (Wildman–Crippen MR) is 154 cm³/mol. The van der Waals surface area contributed by atoms with Gasteiger partial charge in [0.2, 0.25) is 10.0 Å². The standard InChI is InChI=1S/C28H44N6O3S/c1-5-7-8-9-11-23(10-6-2)30-27-26(21(3)29)28(35)32-25(31-27)20-22-12-14-24(15-13-22)38(36,37)34-18-16-33(4)17-19-34/h12-15,23,29H,5-11,16-20H2,1-4H3,(H2,30,31,32,35). The van der Waals surface area contributed by atoms with E-state index in [0.29, 0.717) is 31.2 Å². The fraction of sp³-hybridized carbons (Fsp3) is 0.607. The van der Waals surface area contributed by atoms with Crippen molar-refractivity contribution in [1.29, 1.82) is 5.41 Å². The summed E-state index contributed by atoms with van der Waals surface area (Å²) >= 11 is 0. The average molecular weight is 545 g/mol. The molecule has 0 radical (unpaired) electrons. The molecule has 1 aliphatic heterocycles. The maximum atomic E-state index is 13.0. The molecule has 9 nitrogen and oxygen atoms in total. The fourth-order valence-corrected chi connectivity index (χ4v) is 6.28. The summed E-state index contributed by atoms with van der Waals surface area (Å²) in [5, 5.41) is 11.6. The number of benzene rings is 1. The highest BCUT2D eigenvalue weighted by molar-refractivity contribution is 7.89. The Bertz CT molecular complexity index is 1220. The Morgan fingerprint density at radius 3 is 2.34 bits per heavy atom. The minimum atomic E-state index is -3.53. The van der Waals surface area contributed by atoms with Crippen molar-refractivity contribution in [2.75, 3.05) is 38.5 Å². The van der Waals surface area contributed by atoms with Gasteiger partial charge in [-0.2, -0.15) is 4.31 Å². The zero-order chi connectivity index (χ0) is 27.7. The number of likely N-dealkylation sites (N-methyl/N-ethyl adjacent to an activating group) is 1. The number of nitrogens with one attached hydrogen (secondary N) is 3. The van der Waals surface area contributed by atoms with Crippen molar-refractivity contribution in [2.45, 2.75) is 83.1 Å². The first-order valence-corrected chi connectivity index (χ1v) is 15.3. The molecule has 0 saturated carbocycles. The third kappa shape index (κ3) is 7.97. The highest BCUT2D eigenvalue weighted by atomic mass is 32.2. The summed E-state index contributed by atoms with van der Waals surface area (Å²) in [5.74, 6) is 0.942. The Morgan fingerprint density at radius 1 is 1.05 bits per heavy atom. The van der Waals surface area contributed by atoms with Crippen LogP contribution in [0.25, 0.3) is 0 Å². The summed E-state index contributed by atoms with van der Waals surface area (Å²) < 4.78 is 27.6. The van der Waals surface area contributed by atoms with E-state index in [4.69, 9.17) is 10.4 Å². The number of hydrogen-bond acceptors (Lipinski definition) is 7. The second kappa shape index (κ2) is 14.0. The molecule has 10 heteroatoms. The van der Waals surface area contributed by atoms with Crippen LogP contribution in [0.1, 0.15) is 82.7 Å². The van der Waals surface area contributed by atoms with Gasteiger partial charge < -0.3 is 20.6 Å². The quantitative estimate of drug-likeness (QED) is 0.242. The molecule has 1 fully saturated rings. The van der Waals surface area contributed by atoms with E-state index in [9.17, 15) is 13.2 Å². The molecule has 0 spiro atoms. The molecule has 0 amide bonds. The van der Waals surface area contributed by atoms with Crippen LogP contribution < -0.4 is 10.9 Å². The molecule has 1 aromatic carbocycles. The van der Waals surface area contributed by atoms with Crippen molar-refractivity contribution < 1.29 is 8.42 Å². The summed E-state index contributed by atoms with van der Waals surface area (Å²) in [6, 6.07) is 7.00. The van der Waals surface area contributed by atoms with E-state index in [0.717, 1.165) is 44.3 Å². The lowest BCUT2D eigenvalue weighted by atomic mass is 10.0. The van der Waals surface area contributed by atoms with E-state index in [1.165, 1.54) is 23.6 Å². The Labute approximate surface area is 227 Å². The van der Waals surface area contributed by atoms with Crippen LogP contribution in [0.3, 0.4) is 0 Å². The summed E-state index contributed by atoms with van der Waals surface area (Å²) in [5.41, 5.74) is 0.963. The largest absolute Gasteiger partial charge is 0.367 e. The topological polar surface area (TPSA) is 122 Å². The molecule has 0 aliphatic carbocycles. The summed E-state index contributed by atoms with van der Waals surface area (Å²) in [6.45, 7) is 8.35. The Balaban J connectivity index is 1.78. The maximum absolute atomic E-state index is 13.0. The molecule has 3 rings (SSSR count). The Morgan fingerprint density at radius 2 is 1.74 bits per heavy atom. The first kappa shape index (κ1) is 30.0. The highest BCUT2D eigenvalue weighted by Gasteiger charge is 2.27. The van der Waals surface area contributed by atoms with Crippen LogP contribution in [-0.4, -0.2) is 72.6 Å². The van der Waals surface area contributed by atoms with Crippen molar-refractivity contribution in [3.8, 4) is 0 Å². The third-order valence-corrected chi connectivity index (χ3v) is 9.04. The van der Waals surface area contributed by atoms with Crippen LogP contribution in [0.4, 0.5) is 5.82 Å². The zero-order valence-corrected chi connectivity index (χ0v) is 24.2. The highest BCUT2D eigenvalue weighted by Crippen LogP contribution is 2.21. The number of rotatable bonds is 14. The van der Waals surface area contributed by atoms with E-state index >= 15 is 0 Å². The fourth-order valence-electron chi connectivity index (χ4n) is 4.85. The van der Waals surface area contributed by atoms with Crippen LogP contribution in [-0.2, 0) is 16.4 Å². The van der Waals surface area contributed by atoms with Crippen LogP contribution in [0.2, 0.25) is 0 Å². The lowest BCUT2D eigenvalue weighted by Gasteiger charge is -2.31. The lowest BCUT2D eigenvalue weighted by molar-refractivity contribution is 0.222. The molecule has 1 aromatic heterocycles. The van der Waals surface area contributed by atoms with Gasteiger partial charge in [0.05, 0.1) is 4.90 Å². The SMILES string of the molecule is CCCCCCC(CCC)Nc1nc(Cc2ccc(S(=O)(=O)N3CCN(C)CC3)cc2)[nH]c(=O)c1C(C)=N. The minimum absolute atomic E-state index is 0.174. The second-order valence-electron chi connectivity index (χ2n) is 10.4. The monoisotopic (exact) mass is 544 g/mol. The molecule has 2 heterocycles. The van der Waals surface area contributed by atoms with Crippen molar-refractivity contribution in [3.63, 3.8) is 0 Å². The normalized spacial score (nSPS) is 15.9. The van der Waals surface area contributed by atoms with Crippen molar-refractivity contribution in [1.82, 2.24) is 19.2 Å². The average Bonchev–Trinajstić information content (AvgIpc) is 2.87. The summed E-state index contributed by atoms with van der Waals surface area (Å²) in [4.78, 5) is 22.9. The van der Waals surface area contributed by atoms with E-state index in [1.807, 2.05) is 7.05 Å². The van der Waals surface area contributed by atoms with E-state index in [2.05, 4.69) is 29.0 Å². The van der Waals surface area contributed by atoms with Crippen LogP contribution in [0.5, 0.6) is 0 Å². The number of sulfonamides is 1. The third-order valence-electron chi connectivity index (χ3n) is 7.12. The molecule has 38 heavy (non-hydrogen) atoms. The second-order valence-corrected chi connectivity index (χ2v) is 12.3. The molecule has 1 aliphatic rings. The number of aromatic amines is 1. The number of piperazine rings is 1. The van der Waals surface area contributed by atoms with Gasteiger partial charge in [-0.25, -0.2) is 13.4 Å². The molecule has 1 saturated heterocycles. The van der Waals surface area contributed by atoms with Crippen molar-refractivity contribution >= 4 is 21.6 Å². The molecule has 1 atom stereocenters. The number of aromatic nitrogens is 2. The molecule has 3 N–H and O–H groups in total. The van der Waals surface area contributed by atoms with Crippen molar-refractivity contribution in [3.05, 3.63) is 51.6 Å². The Hall–Kier alpha value is -2.56. The molecule has 2 aromatic rings. The maximum Gasteiger partial charge on any atom is 0.262 e. The van der Waals surface area contributed by atoms with Gasteiger partial charge in [0, 0.05) is 44.4 Å². The van der Waals surface area contributed by atoms with Crippen LogP contribution in [0, 0.1) is 5.41 Å². The minimum Gasteiger partial charge on any atom is -0.367 e. The zero-order valence-electron chi connectivity index (χ0n) is 23.3. The van der Waals surface area contributed by atoms with Gasteiger partial charge in [-0.3, -0.25) is 4.79 Å². The smallest absolute Gasteiger partial charge is 0.262 e. The van der Waals surface area contributed by atoms with E-state index in [-0.39, 0.29) is 27.8 Å². The summed E-state index contributed by atoms with van der Waals surface area (Å²) in [6.07, 6.45) is 8.03. The van der Waals surface area contributed by atoms with Crippen LogP contribution in [0.15, 0.2) is 34.0 Å². The molecular weight excluding hydrogens is 500 g/mol. The number of unbranched alkanes of at least 4 members (excludes halogenated alkanes) is 3. The molecule has 1 unspecified atom stereocenters. The lowest BCUT2D eigenvalue weighted by Crippen LogP contribution is -2.46. The van der Waals surface area contributed by atoms with Crippen LogP contribution >= 0.6 is 0 Å². The number of H-pyrrole nitrogens is 1. The summed E-state index contributed by atoms with van der Waals surface area (Å²) in [7, 11) is -1.54. The van der Waals surface area contributed by atoms with E-state index < -0.39 is 10.0 Å². The van der Waals surface area contributed by atoms with Gasteiger partial charge in [-0.1, -0.05) is 58.1 Å². The molecule has 210 valence electrons. The number of nitrogens with zero attached hydrogens (tertiary/aromatic N) is 3. The molecule has 0 bridgehead atoms. The van der Waals surface area contributed by atoms with Gasteiger partial charge in [0.15, 0.2) is 0 Å². The predicted octanol–water partition coefficient (Wildman–Crippen LogP) is 4.24. The first-order chi connectivity index (χ1) is 18.1. The number of anilines is 1.